The monoisotopic (exact) mass is 244 g/mol. The van der Waals surface area contributed by atoms with Crippen molar-refractivity contribution < 1.29 is 4.79 Å². The van der Waals surface area contributed by atoms with Crippen molar-refractivity contribution in [3.63, 3.8) is 0 Å². The van der Waals surface area contributed by atoms with Crippen molar-refractivity contribution in [2.75, 3.05) is 14.1 Å². The van der Waals surface area contributed by atoms with Crippen LogP contribution < -0.4 is 0 Å². The molecule has 0 aliphatic heterocycles. The Labute approximate surface area is 86.9 Å². The molecule has 1 amide bonds. The summed E-state index contributed by atoms with van der Waals surface area (Å²) in [6.45, 7) is 1.96. The van der Waals surface area contributed by atoms with Crippen LogP contribution in [0.5, 0.6) is 0 Å². The second-order valence-electron chi connectivity index (χ2n) is 2.67. The van der Waals surface area contributed by atoms with Crippen LogP contribution in [0.25, 0.3) is 0 Å². The van der Waals surface area contributed by atoms with Crippen molar-refractivity contribution in [3.05, 3.63) is 28.5 Å². The fraction of sp³-hybridized carbons (Fsp3) is 0.333. The average molecular weight is 245 g/mol. The third-order valence-electron chi connectivity index (χ3n) is 1.07. The van der Waals surface area contributed by atoms with Crippen LogP contribution in [-0.4, -0.2) is 30.4 Å². The topological polar surface area (TPSA) is 33.2 Å². The fourth-order valence-electron chi connectivity index (χ4n) is 0.510. The lowest BCUT2D eigenvalue weighted by Crippen LogP contribution is -2.06. The molecule has 3 nitrogen and oxygen atoms in total. The molecule has 4 heteroatoms. The quantitative estimate of drug-likeness (QED) is 0.558. The van der Waals surface area contributed by atoms with Crippen molar-refractivity contribution in [1.29, 1.82) is 0 Å². The first-order chi connectivity index (χ1) is 6.06. The molecule has 1 rings (SSSR count). The maximum Gasteiger partial charge on any atom is 0.209 e. The number of amides is 1. The SMILES string of the molecule is CN(C)C=O.Cc1cccc(Br)n1. The van der Waals surface area contributed by atoms with Gasteiger partial charge in [-0.2, -0.15) is 0 Å². The smallest absolute Gasteiger partial charge is 0.209 e. The number of halogens is 1. The van der Waals surface area contributed by atoms with E-state index in [0.29, 0.717) is 0 Å². The summed E-state index contributed by atoms with van der Waals surface area (Å²) in [6.07, 6.45) is 0.750. The molecule has 0 saturated heterocycles. The molecule has 0 saturated carbocycles. The number of hydrogen-bond donors (Lipinski definition) is 0. The van der Waals surface area contributed by atoms with E-state index in [1.165, 1.54) is 4.90 Å². The molecule has 0 aliphatic rings. The summed E-state index contributed by atoms with van der Waals surface area (Å²) in [5.74, 6) is 0. The molecule has 0 radical (unpaired) electrons. The summed E-state index contributed by atoms with van der Waals surface area (Å²) in [6, 6.07) is 5.84. The first-order valence-corrected chi connectivity index (χ1v) is 4.56. The minimum atomic E-state index is 0.750. The standard InChI is InChI=1S/C6H6BrN.C3H7NO/c1-5-3-2-4-6(7)8-5;1-4(2)3-5/h2-4H,1H3;3H,1-2H3. The molecule has 0 fully saturated rings. The number of carbonyl (C=O) groups is 1. The number of aryl methyl sites for hydroxylation is 1. The van der Waals surface area contributed by atoms with Gasteiger partial charge in [0.05, 0.1) is 0 Å². The van der Waals surface area contributed by atoms with Gasteiger partial charge in [0.25, 0.3) is 0 Å². The van der Waals surface area contributed by atoms with Gasteiger partial charge in [-0.3, -0.25) is 4.79 Å². The number of carbonyl (C=O) groups excluding carboxylic acids is 1. The second-order valence-corrected chi connectivity index (χ2v) is 3.48. The fourth-order valence-corrected chi connectivity index (χ4v) is 0.942. The van der Waals surface area contributed by atoms with Gasteiger partial charge in [-0.25, -0.2) is 4.98 Å². The molecular formula is C9H13BrN2O. The predicted molar refractivity (Wildman–Crippen MR) is 56.4 cm³/mol. The Bertz CT molecular complexity index is 246. The van der Waals surface area contributed by atoms with Gasteiger partial charge in [0, 0.05) is 19.8 Å². The average Bonchev–Trinajstić information content (AvgIpc) is 2.05. The summed E-state index contributed by atoms with van der Waals surface area (Å²) < 4.78 is 0.900. The van der Waals surface area contributed by atoms with E-state index in [9.17, 15) is 4.79 Å². The van der Waals surface area contributed by atoms with Crippen LogP contribution in [0.4, 0.5) is 0 Å². The molecule has 13 heavy (non-hydrogen) atoms. The van der Waals surface area contributed by atoms with Gasteiger partial charge in [0.1, 0.15) is 4.60 Å². The third kappa shape index (κ3) is 7.46. The van der Waals surface area contributed by atoms with Crippen LogP contribution in [0, 0.1) is 6.92 Å². The van der Waals surface area contributed by atoms with E-state index in [1.54, 1.807) is 14.1 Å². The van der Waals surface area contributed by atoms with Crippen molar-refractivity contribution >= 4 is 22.3 Å². The molecule has 72 valence electrons. The molecule has 1 heterocycles. The summed E-state index contributed by atoms with van der Waals surface area (Å²) in [5, 5.41) is 0. The van der Waals surface area contributed by atoms with E-state index < -0.39 is 0 Å². The molecule has 0 bridgehead atoms. The summed E-state index contributed by atoms with van der Waals surface area (Å²) in [7, 11) is 3.38. The highest BCUT2D eigenvalue weighted by Crippen LogP contribution is 2.04. The molecular weight excluding hydrogens is 232 g/mol. The van der Waals surface area contributed by atoms with Gasteiger partial charge in [-0.05, 0) is 35.0 Å². The van der Waals surface area contributed by atoms with Gasteiger partial charge < -0.3 is 4.90 Å². The number of pyridine rings is 1. The maximum absolute atomic E-state index is 9.43. The lowest BCUT2D eigenvalue weighted by molar-refractivity contribution is -0.115. The number of rotatable bonds is 1. The Morgan fingerprint density at radius 3 is 2.23 bits per heavy atom. The zero-order valence-electron chi connectivity index (χ0n) is 7.99. The number of hydrogen-bond acceptors (Lipinski definition) is 2. The van der Waals surface area contributed by atoms with Gasteiger partial charge in [0.2, 0.25) is 6.41 Å². The molecule has 1 aromatic heterocycles. The Kier molecular flexibility index (Phi) is 6.14. The highest BCUT2D eigenvalue weighted by atomic mass is 79.9. The molecule has 0 unspecified atom stereocenters. The molecule has 0 atom stereocenters. The minimum Gasteiger partial charge on any atom is -0.351 e. The van der Waals surface area contributed by atoms with Gasteiger partial charge in [-0.1, -0.05) is 6.07 Å². The van der Waals surface area contributed by atoms with Gasteiger partial charge in [0.15, 0.2) is 0 Å². The van der Waals surface area contributed by atoms with Gasteiger partial charge in [-0.15, -0.1) is 0 Å². The summed E-state index contributed by atoms with van der Waals surface area (Å²) >= 11 is 3.25. The van der Waals surface area contributed by atoms with Crippen LogP contribution in [0.2, 0.25) is 0 Å². The first kappa shape index (κ1) is 12.1. The molecule has 1 aromatic rings. The lowest BCUT2D eigenvalue weighted by Gasteiger charge is -1.93. The third-order valence-corrected chi connectivity index (χ3v) is 1.51. The molecule has 0 aromatic carbocycles. The molecule has 0 spiro atoms. The van der Waals surface area contributed by atoms with Crippen molar-refractivity contribution in [1.82, 2.24) is 9.88 Å². The number of nitrogens with zero attached hydrogens (tertiary/aromatic N) is 2. The van der Waals surface area contributed by atoms with E-state index in [2.05, 4.69) is 20.9 Å². The number of aromatic nitrogens is 1. The van der Waals surface area contributed by atoms with Crippen molar-refractivity contribution in [2.45, 2.75) is 6.92 Å². The second kappa shape index (κ2) is 6.60. The van der Waals surface area contributed by atoms with Gasteiger partial charge >= 0.3 is 0 Å². The van der Waals surface area contributed by atoms with Crippen LogP contribution in [0.15, 0.2) is 22.8 Å². The normalized spacial score (nSPS) is 8.31. The van der Waals surface area contributed by atoms with E-state index >= 15 is 0 Å². The first-order valence-electron chi connectivity index (χ1n) is 3.77. The molecule has 0 N–H and O–H groups in total. The molecule has 0 aliphatic carbocycles. The van der Waals surface area contributed by atoms with Crippen LogP contribution >= 0.6 is 15.9 Å². The summed E-state index contributed by atoms with van der Waals surface area (Å²) in [5.41, 5.74) is 1.04. The zero-order valence-corrected chi connectivity index (χ0v) is 9.58. The van der Waals surface area contributed by atoms with E-state index in [0.717, 1.165) is 16.7 Å². The van der Waals surface area contributed by atoms with Crippen LogP contribution in [-0.2, 0) is 4.79 Å². The van der Waals surface area contributed by atoms with Crippen molar-refractivity contribution in [3.8, 4) is 0 Å². The Morgan fingerprint density at radius 1 is 1.46 bits per heavy atom. The Balaban J connectivity index is 0.000000252. The highest BCUT2D eigenvalue weighted by molar-refractivity contribution is 9.10. The van der Waals surface area contributed by atoms with E-state index in [4.69, 9.17) is 0 Å². The minimum absolute atomic E-state index is 0.750. The maximum atomic E-state index is 9.43. The van der Waals surface area contributed by atoms with Crippen LogP contribution in [0.1, 0.15) is 5.69 Å². The van der Waals surface area contributed by atoms with Crippen LogP contribution in [0.3, 0.4) is 0 Å². The highest BCUT2D eigenvalue weighted by Gasteiger charge is 1.83. The Hall–Kier alpha value is -0.900. The zero-order chi connectivity index (χ0) is 10.3. The lowest BCUT2D eigenvalue weighted by atomic mass is 10.4. The van der Waals surface area contributed by atoms with Crippen molar-refractivity contribution in [2.24, 2.45) is 0 Å². The largest absolute Gasteiger partial charge is 0.351 e. The predicted octanol–water partition coefficient (Wildman–Crippen LogP) is 1.86. The van der Waals surface area contributed by atoms with E-state index in [-0.39, 0.29) is 0 Å². The summed E-state index contributed by atoms with van der Waals surface area (Å²) in [4.78, 5) is 15.0. The Morgan fingerprint density at radius 2 is 2.00 bits per heavy atom. The van der Waals surface area contributed by atoms with E-state index in [1.807, 2.05) is 25.1 Å².